The van der Waals surface area contributed by atoms with Crippen molar-refractivity contribution >= 4 is 17.7 Å². The maximum absolute atomic E-state index is 11.5. The van der Waals surface area contributed by atoms with Crippen LogP contribution in [0.3, 0.4) is 0 Å². The van der Waals surface area contributed by atoms with Gasteiger partial charge in [0.05, 0.1) is 6.04 Å². The molecule has 0 saturated carbocycles. The molecule has 0 saturated heterocycles. The Bertz CT molecular complexity index is 188. The van der Waals surface area contributed by atoms with Gasteiger partial charge in [-0.2, -0.15) is 11.8 Å². The van der Waals surface area contributed by atoms with Crippen molar-refractivity contribution in [2.45, 2.75) is 25.4 Å². The van der Waals surface area contributed by atoms with Crippen LogP contribution >= 0.6 is 11.8 Å². The minimum Gasteiger partial charge on any atom is -0.353 e. The number of carbonyl (C=O) groups excluding carboxylic acids is 1. The summed E-state index contributed by atoms with van der Waals surface area (Å²) in [5.41, 5.74) is 5.73. The third-order valence-corrected chi connectivity index (χ3v) is 3.07. The van der Waals surface area contributed by atoms with Crippen LogP contribution in [-0.2, 0) is 4.79 Å². The monoisotopic (exact) mass is 233 g/mol. The zero-order valence-corrected chi connectivity index (χ0v) is 10.9. The molecular formula is C10H23N3OS. The van der Waals surface area contributed by atoms with E-state index in [9.17, 15) is 4.79 Å². The first kappa shape index (κ1) is 14.7. The van der Waals surface area contributed by atoms with E-state index in [4.69, 9.17) is 5.73 Å². The third kappa shape index (κ3) is 6.76. The summed E-state index contributed by atoms with van der Waals surface area (Å²) < 4.78 is 0. The van der Waals surface area contributed by atoms with Crippen molar-refractivity contribution in [3.8, 4) is 0 Å². The molecule has 2 atom stereocenters. The van der Waals surface area contributed by atoms with E-state index < -0.39 is 0 Å². The lowest BCUT2D eigenvalue weighted by atomic mass is 10.2. The van der Waals surface area contributed by atoms with E-state index in [0.717, 1.165) is 12.2 Å². The molecule has 5 heteroatoms. The van der Waals surface area contributed by atoms with Crippen molar-refractivity contribution in [2.75, 3.05) is 32.6 Å². The summed E-state index contributed by atoms with van der Waals surface area (Å²) in [5, 5.41) is 2.86. The van der Waals surface area contributed by atoms with Gasteiger partial charge in [0.2, 0.25) is 5.91 Å². The summed E-state index contributed by atoms with van der Waals surface area (Å²) in [7, 11) is 3.98. The predicted molar refractivity (Wildman–Crippen MR) is 67.1 cm³/mol. The molecule has 3 N–H and O–H groups in total. The van der Waals surface area contributed by atoms with Gasteiger partial charge in [0.15, 0.2) is 0 Å². The van der Waals surface area contributed by atoms with E-state index in [1.54, 1.807) is 11.8 Å². The van der Waals surface area contributed by atoms with Gasteiger partial charge in [0.25, 0.3) is 0 Å². The molecule has 0 bridgehead atoms. The fourth-order valence-electron chi connectivity index (χ4n) is 0.938. The van der Waals surface area contributed by atoms with Gasteiger partial charge in [-0.05, 0) is 39.4 Å². The van der Waals surface area contributed by atoms with Crippen molar-refractivity contribution in [2.24, 2.45) is 5.73 Å². The molecule has 0 aliphatic heterocycles. The minimum absolute atomic E-state index is 0.0437. The molecule has 1 unspecified atom stereocenters. The third-order valence-electron chi connectivity index (χ3n) is 2.42. The summed E-state index contributed by atoms with van der Waals surface area (Å²) in [6.07, 6.45) is 2.75. The molecule has 0 aromatic carbocycles. The second-order valence-corrected chi connectivity index (χ2v) is 4.93. The van der Waals surface area contributed by atoms with Crippen molar-refractivity contribution in [1.82, 2.24) is 10.2 Å². The Balaban J connectivity index is 3.73. The van der Waals surface area contributed by atoms with Crippen molar-refractivity contribution in [1.29, 1.82) is 0 Å². The SMILES string of the molecule is CSCC[C@@H](N)C(=O)NCC(C)N(C)C. The molecule has 4 nitrogen and oxygen atoms in total. The molecule has 90 valence electrons. The number of likely N-dealkylation sites (N-methyl/N-ethyl adjacent to an activating group) is 1. The predicted octanol–water partition coefficient (Wildman–Crippen LogP) is 0.133. The van der Waals surface area contributed by atoms with Crippen LogP contribution in [0.5, 0.6) is 0 Å². The standard InChI is InChI=1S/C10H23N3OS/c1-8(13(2)3)7-12-10(14)9(11)5-6-15-4/h8-9H,5-7,11H2,1-4H3,(H,12,14)/t8?,9-/m1/s1. The summed E-state index contributed by atoms with van der Waals surface area (Å²) in [6, 6.07) is -0.0338. The highest BCUT2D eigenvalue weighted by Crippen LogP contribution is 1.98. The number of hydrogen-bond acceptors (Lipinski definition) is 4. The van der Waals surface area contributed by atoms with Crippen LogP contribution in [-0.4, -0.2) is 55.5 Å². The number of thioether (sulfide) groups is 1. The van der Waals surface area contributed by atoms with Crippen molar-refractivity contribution in [3.05, 3.63) is 0 Å². The molecule has 0 heterocycles. The Hall–Kier alpha value is -0.260. The van der Waals surface area contributed by atoms with Crippen LogP contribution in [0.15, 0.2) is 0 Å². The van der Waals surface area contributed by atoms with Gasteiger partial charge in [-0.15, -0.1) is 0 Å². The molecule has 0 fully saturated rings. The van der Waals surface area contributed by atoms with Gasteiger partial charge >= 0.3 is 0 Å². The Morgan fingerprint density at radius 3 is 2.60 bits per heavy atom. The fraction of sp³-hybridized carbons (Fsp3) is 0.900. The molecule has 1 amide bonds. The Morgan fingerprint density at radius 2 is 2.13 bits per heavy atom. The molecular weight excluding hydrogens is 210 g/mol. The van der Waals surface area contributed by atoms with Crippen LogP contribution in [0.2, 0.25) is 0 Å². The number of hydrogen-bond donors (Lipinski definition) is 2. The number of carbonyl (C=O) groups is 1. The van der Waals surface area contributed by atoms with Crippen LogP contribution in [0.1, 0.15) is 13.3 Å². The van der Waals surface area contributed by atoms with Crippen LogP contribution in [0, 0.1) is 0 Å². The molecule has 0 aromatic heterocycles. The van der Waals surface area contributed by atoms with Crippen molar-refractivity contribution < 1.29 is 4.79 Å². The maximum Gasteiger partial charge on any atom is 0.237 e. The second kappa shape index (κ2) is 7.96. The topological polar surface area (TPSA) is 58.4 Å². The van der Waals surface area contributed by atoms with E-state index in [-0.39, 0.29) is 11.9 Å². The van der Waals surface area contributed by atoms with Gasteiger partial charge in [-0.25, -0.2) is 0 Å². The van der Waals surface area contributed by atoms with E-state index in [2.05, 4.69) is 17.1 Å². The number of nitrogens with one attached hydrogen (secondary N) is 1. The first-order valence-corrected chi connectivity index (χ1v) is 6.57. The number of rotatable bonds is 7. The Labute approximate surface area is 97.0 Å². The Morgan fingerprint density at radius 1 is 1.53 bits per heavy atom. The van der Waals surface area contributed by atoms with E-state index in [0.29, 0.717) is 12.6 Å². The summed E-state index contributed by atoms with van der Waals surface area (Å²) in [4.78, 5) is 13.6. The molecule has 0 aromatic rings. The van der Waals surface area contributed by atoms with Crippen LogP contribution < -0.4 is 11.1 Å². The van der Waals surface area contributed by atoms with Gasteiger partial charge in [-0.1, -0.05) is 0 Å². The van der Waals surface area contributed by atoms with E-state index in [1.807, 2.05) is 20.4 Å². The smallest absolute Gasteiger partial charge is 0.237 e. The fourth-order valence-corrected chi connectivity index (χ4v) is 1.43. The van der Waals surface area contributed by atoms with Gasteiger partial charge in [-0.3, -0.25) is 4.79 Å². The normalized spacial score (nSPS) is 15.1. The van der Waals surface area contributed by atoms with Crippen LogP contribution in [0.25, 0.3) is 0 Å². The highest BCUT2D eigenvalue weighted by Gasteiger charge is 2.13. The summed E-state index contributed by atoms with van der Waals surface area (Å²) in [6.45, 7) is 2.71. The second-order valence-electron chi connectivity index (χ2n) is 3.95. The number of nitrogens with zero attached hydrogens (tertiary/aromatic N) is 1. The first-order chi connectivity index (χ1) is 6.99. The van der Waals surface area contributed by atoms with Gasteiger partial charge in [0.1, 0.15) is 0 Å². The highest BCUT2D eigenvalue weighted by molar-refractivity contribution is 7.98. The summed E-state index contributed by atoms with van der Waals surface area (Å²) >= 11 is 1.71. The zero-order chi connectivity index (χ0) is 11.8. The lowest BCUT2D eigenvalue weighted by Gasteiger charge is -2.21. The lowest BCUT2D eigenvalue weighted by Crippen LogP contribution is -2.45. The highest BCUT2D eigenvalue weighted by atomic mass is 32.2. The van der Waals surface area contributed by atoms with E-state index in [1.165, 1.54) is 0 Å². The average molecular weight is 233 g/mol. The number of nitrogens with two attached hydrogens (primary N) is 1. The minimum atomic E-state index is -0.369. The molecule has 0 spiro atoms. The van der Waals surface area contributed by atoms with Crippen molar-refractivity contribution in [3.63, 3.8) is 0 Å². The lowest BCUT2D eigenvalue weighted by molar-refractivity contribution is -0.122. The number of amides is 1. The summed E-state index contributed by atoms with van der Waals surface area (Å²) in [5.74, 6) is 0.885. The van der Waals surface area contributed by atoms with Gasteiger partial charge < -0.3 is 16.0 Å². The molecule has 0 aliphatic rings. The largest absolute Gasteiger partial charge is 0.353 e. The molecule has 0 aliphatic carbocycles. The first-order valence-electron chi connectivity index (χ1n) is 5.17. The van der Waals surface area contributed by atoms with Crippen LogP contribution in [0.4, 0.5) is 0 Å². The van der Waals surface area contributed by atoms with E-state index >= 15 is 0 Å². The van der Waals surface area contributed by atoms with Gasteiger partial charge in [0, 0.05) is 12.6 Å². The molecule has 0 radical (unpaired) electrons. The average Bonchev–Trinajstić information content (AvgIpc) is 2.21. The Kier molecular flexibility index (Phi) is 7.82. The zero-order valence-electron chi connectivity index (χ0n) is 10.1. The quantitative estimate of drug-likeness (QED) is 0.656. The maximum atomic E-state index is 11.5. The molecule has 0 rings (SSSR count). The molecule has 15 heavy (non-hydrogen) atoms.